The van der Waals surface area contributed by atoms with E-state index < -0.39 is 5.97 Å². The van der Waals surface area contributed by atoms with Crippen LogP contribution < -0.4 is 4.74 Å². The molecule has 3 rings (SSSR count). The highest BCUT2D eigenvalue weighted by Crippen LogP contribution is 2.35. The standard InChI is InChI=1S/C18H23N3O3S/c1-24-15-9-7-14(8-10-15)21-17(13-5-3-2-4-6-13)19-20-18(21)25-12-11-16(22)23/h7-10,13H,2-6,11-12H2,1H3,(H,22,23). The van der Waals surface area contributed by atoms with Gasteiger partial charge < -0.3 is 9.84 Å². The van der Waals surface area contributed by atoms with Crippen molar-refractivity contribution in [3.8, 4) is 11.4 Å². The van der Waals surface area contributed by atoms with E-state index in [2.05, 4.69) is 14.8 Å². The van der Waals surface area contributed by atoms with Crippen LogP contribution in [0.25, 0.3) is 5.69 Å². The van der Waals surface area contributed by atoms with Gasteiger partial charge in [0.15, 0.2) is 5.16 Å². The average Bonchev–Trinajstić information content (AvgIpc) is 3.06. The summed E-state index contributed by atoms with van der Waals surface area (Å²) < 4.78 is 7.33. The van der Waals surface area contributed by atoms with E-state index in [4.69, 9.17) is 9.84 Å². The number of rotatable bonds is 7. The van der Waals surface area contributed by atoms with Crippen LogP contribution in [0.15, 0.2) is 29.4 Å². The largest absolute Gasteiger partial charge is 0.497 e. The summed E-state index contributed by atoms with van der Waals surface area (Å²) in [6.45, 7) is 0. The number of nitrogens with zero attached hydrogens (tertiary/aromatic N) is 3. The number of methoxy groups -OCH3 is 1. The molecule has 0 aliphatic heterocycles. The third kappa shape index (κ3) is 4.34. The summed E-state index contributed by atoms with van der Waals surface area (Å²) in [4.78, 5) is 10.8. The maximum absolute atomic E-state index is 10.8. The van der Waals surface area contributed by atoms with Crippen LogP contribution in [0, 0.1) is 0 Å². The highest BCUT2D eigenvalue weighted by molar-refractivity contribution is 7.99. The second-order valence-electron chi connectivity index (χ2n) is 6.20. The fourth-order valence-electron chi connectivity index (χ4n) is 3.20. The average molecular weight is 361 g/mol. The summed E-state index contributed by atoms with van der Waals surface area (Å²) >= 11 is 1.44. The number of aliphatic carboxylic acids is 1. The van der Waals surface area contributed by atoms with Crippen molar-refractivity contribution in [3.63, 3.8) is 0 Å². The summed E-state index contributed by atoms with van der Waals surface area (Å²) in [5, 5.41) is 18.5. The molecule has 25 heavy (non-hydrogen) atoms. The van der Waals surface area contributed by atoms with E-state index >= 15 is 0 Å². The minimum absolute atomic E-state index is 0.110. The number of hydrogen-bond acceptors (Lipinski definition) is 5. The van der Waals surface area contributed by atoms with Crippen LogP contribution in [0.2, 0.25) is 0 Å². The first-order chi connectivity index (χ1) is 12.2. The van der Waals surface area contributed by atoms with E-state index in [0.717, 1.165) is 35.3 Å². The molecular formula is C18H23N3O3S. The Balaban J connectivity index is 1.91. The van der Waals surface area contributed by atoms with E-state index in [1.807, 2.05) is 24.3 Å². The van der Waals surface area contributed by atoms with Crippen LogP contribution in [0.1, 0.15) is 50.3 Å². The molecule has 0 unspecified atom stereocenters. The Morgan fingerprint density at radius 1 is 1.24 bits per heavy atom. The van der Waals surface area contributed by atoms with Crippen molar-refractivity contribution >= 4 is 17.7 Å². The smallest absolute Gasteiger partial charge is 0.304 e. The van der Waals surface area contributed by atoms with Crippen LogP contribution in [0.5, 0.6) is 5.75 Å². The van der Waals surface area contributed by atoms with Crippen molar-refractivity contribution in [2.45, 2.75) is 49.6 Å². The monoisotopic (exact) mass is 361 g/mol. The molecule has 1 aliphatic carbocycles. The van der Waals surface area contributed by atoms with Gasteiger partial charge in [0.1, 0.15) is 11.6 Å². The van der Waals surface area contributed by atoms with Gasteiger partial charge >= 0.3 is 5.97 Å². The van der Waals surface area contributed by atoms with Crippen molar-refractivity contribution in [1.29, 1.82) is 0 Å². The number of carboxylic acid groups (broad SMARTS) is 1. The molecule has 0 atom stereocenters. The topological polar surface area (TPSA) is 77.2 Å². The van der Waals surface area contributed by atoms with E-state index in [1.165, 1.54) is 31.0 Å². The third-order valence-electron chi connectivity index (χ3n) is 4.51. The molecule has 0 spiro atoms. The molecule has 0 bridgehead atoms. The van der Waals surface area contributed by atoms with E-state index in [-0.39, 0.29) is 6.42 Å². The number of carbonyl (C=O) groups is 1. The molecule has 0 saturated heterocycles. The zero-order valence-corrected chi connectivity index (χ0v) is 15.2. The summed E-state index contributed by atoms with van der Waals surface area (Å²) in [5.41, 5.74) is 0.990. The fraction of sp³-hybridized carbons (Fsp3) is 0.500. The van der Waals surface area contributed by atoms with Gasteiger partial charge in [-0.1, -0.05) is 31.0 Å². The van der Waals surface area contributed by atoms with Gasteiger partial charge in [-0.3, -0.25) is 9.36 Å². The lowest BCUT2D eigenvalue weighted by molar-refractivity contribution is -0.136. The van der Waals surface area contributed by atoms with Crippen LogP contribution in [-0.2, 0) is 4.79 Å². The molecule has 1 heterocycles. The van der Waals surface area contributed by atoms with Gasteiger partial charge in [0.2, 0.25) is 0 Å². The van der Waals surface area contributed by atoms with Crippen molar-refractivity contribution in [3.05, 3.63) is 30.1 Å². The van der Waals surface area contributed by atoms with Crippen molar-refractivity contribution < 1.29 is 14.6 Å². The highest BCUT2D eigenvalue weighted by Gasteiger charge is 2.24. The summed E-state index contributed by atoms with van der Waals surface area (Å²) in [6, 6.07) is 7.84. The van der Waals surface area contributed by atoms with Crippen molar-refractivity contribution in [1.82, 2.24) is 14.8 Å². The van der Waals surface area contributed by atoms with E-state index in [9.17, 15) is 4.79 Å². The number of benzene rings is 1. The lowest BCUT2D eigenvalue weighted by Crippen LogP contribution is -2.12. The molecule has 1 aromatic heterocycles. The Morgan fingerprint density at radius 2 is 1.96 bits per heavy atom. The minimum Gasteiger partial charge on any atom is -0.497 e. The number of ether oxygens (including phenoxy) is 1. The quantitative estimate of drug-likeness (QED) is 0.754. The first-order valence-electron chi connectivity index (χ1n) is 8.63. The Morgan fingerprint density at radius 3 is 2.60 bits per heavy atom. The van der Waals surface area contributed by atoms with Crippen molar-refractivity contribution in [2.75, 3.05) is 12.9 Å². The fourth-order valence-corrected chi connectivity index (χ4v) is 4.09. The molecule has 6 nitrogen and oxygen atoms in total. The van der Waals surface area contributed by atoms with Crippen LogP contribution in [0.4, 0.5) is 0 Å². The Hall–Kier alpha value is -2.02. The Kier molecular flexibility index (Phi) is 5.96. The molecule has 1 fully saturated rings. The highest BCUT2D eigenvalue weighted by atomic mass is 32.2. The maximum atomic E-state index is 10.8. The van der Waals surface area contributed by atoms with Gasteiger partial charge in [0.05, 0.1) is 13.5 Å². The molecule has 1 aliphatic rings. The molecule has 2 aromatic rings. The van der Waals surface area contributed by atoms with Gasteiger partial charge in [-0.2, -0.15) is 0 Å². The number of aromatic nitrogens is 3. The summed E-state index contributed by atoms with van der Waals surface area (Å²) in [6.07, 6.45) is 6.11. The maximum Gasteiger partial charge on any atom is 0.304 e. The molecule has 134 valence electrons. The molecule has 0 radical (unpaired) electrons. The molecule has 1 N–H and O–H groups in total. The Labute approximate surface area is 151 Å². The predicted molar refractivity (Wildman–Crippen MR) is 96.7 cm³/mol. The minimum atomic E-state index is -0.796. The van der Waals surface area contributed by atoms with Gasteiger partial charge in [-0.05, 0) is 37.1 Å². The van der Waals surface area contributed by atoms with Crippen LogP contribution in [0.3, 0.4) is 0 Å². The Bertz CT molecular complexity index is 709. The van der Waals surface area contributed by atoms with Gasteiger partial charge in [-0.25, -0.2) is 0 Å². The van der Waals surface area contributed by atoms with Crippen LogP contribution >= 0.6 is 11.8 Å². The van der Waals surface area contributed by atoms with Crippen molar-refractivity contribution in [2.24, 2.45) is 0 Å². The van der Waals surface area contributed by atoms with Crippen LogP contribution in [-0.4, -0.2) is 38.7 Å². The van der Waals surface area contributed by atoms with Gasteiger partial charge in [-0.15, -0.1) is 10.2 Å². The normalized spacial score (nSPS) is 15.2. The molecule has 1 aromatic carbocycles. The predicted octanol–water partition coefficient (Wildman–Crippen LogP) is 3.89. The third-order valence-corrected chi connectivity index (χ3v) is 5.44. The number of hydrogen-bond donors (Lipinski definition) is 1. The summed E-state index contributed by atoms with van der Waals surface area (Å²) in [7, 11) is 1.65. The molecule has 7 heteroatoms. The van der Waals surface area contributed by atoms with E-state index in [0.29, 0.717) is 11.7 Å². The second-order valence-corrected chi connectivity index (χ2v) is 7.26. The molecule has 1 saturated carbocycles. The number of carboxylic acids is 1. The van der Waals surface area contributed by atoms with Gasteiger partial charge in [0.25, 0.3) is 0 Å². The lowest BCUT2D eigenvalue weighted by atomic mass is 9.88. The SMILES string of the molecule is COc1ccc(-n2c(SCCC(=O)O)nnc2C2CCCCC2)cc1. The van der Waals surface area contributed by atoms with E-state index in [1.54, 1.807) is 7.11 Å². The summed E-state index contributed by atoms with van der Waals surface area (Å²) in [5.74, 6) is 1.89. The lowest BCUT2D eigenvalue weighted by Gasteiger charge is -2.22. The first kappa shape index (κ1) is 17.8. The van der Waals surface area contributed by atoms with Gasteiger partial charge in [0, 0.05) is 17.4 Å². The zero-order valence-electron chi connectivity index (χ0n) is 14.4. The second kappa shape index (κ2) is 8.38. The molecule has 0 amide bonds. The molecular weight excluding hydrogens is 338 g/mol. The number of thioether (sulfide) groups is 1. The first-order valence-corrected chi connectivity index (χ1v) is 9.62. The zero-order chi connectivity index (χ0) is 17.6.